The average Bonchev–Trinajstić information content (AvgIpc) is 2.39. The molecule has 0 unspecified atom stereocenters. The van der Waals surface area contributed by atoms with Gasteiger partial charge in [-0.25, -0.2) is 4.39 Å². The highest BCUT2D eigenvalue weighted by Crippen LogP contribution is 2.24. The highest BCUT2D eigenvalue weighted by atomic mass is 19.1. The van der Waals surface area contributed by atoms with Gasteiger partial charge in [0, 0.05) is 20.1 Å². The first-order chi connectivity index (χ1) is 8.72. The second-order valence-electron chi connectivity index (χ2n) is 4.29. The maximum atomic E-state index is 13.9. The predicted molar refractivity (Wildman–Crippen MR) is 72.8 cm³/mol. The number of benzene rings is 2. The molecule has 0 saturated carbocycles. The van der Waals surface area contributed by atoms with Gasteiger partial charge in [0.15, 0.2) is 0 Å². The zero-order valence-corrected chi connectivity index (χ0v) is 10.4. The van der Waals surface area contributed by atoms with E-state index in [4.69, 9.17) is 5.73 Å². The first kappa shape index (κ1) is 12.6. The van der Waals surface area contributed by atoms with Crippen molar-refractivity contribution in [3.8, 4) is 0 Å². The molecule has 0 aliphatic rings. The van der Waals surface area contributed by atoms with Gasteiger partial charge in [-0.2, -0.15) is 0 Å². The molecule has 0 bridgehead atoms. The van der Waals surface area contributed by atoms with Crippen LogP contribution >= 0.6 is 0 Å². The lowest BCUT2D eigenvalue weighted by atomic mass is 10.1. The molecule has 0 saturated heterocycles. The molecule has 94 valence electrons. The molecule has 2 rings (SSSR count). The van der Waals surface area contributed by atoms with Gasteiger partial charge in [0.2, 0.25) is 0 Å². The molecular weight excluding hydrogens is 227 g/mol. The number of anilines is 1. The molecule has 0 aliphatic heterocycles. The molecule has 0 heterocycles. The largest absolute Gasteiger partial charge is 0.368 e. The highest BCUT2D eigenvalue weighted by Gasteiger charge is 2.12. The van der Waals surface area contributed by atoms with Gasteiger partial charge < -0.3 is 10.6 Å². The second-order valence-corrected chi connectivity index (χ2v) is 4.29. The van der Waals surface area contributed by atoms with E-state index in [0.717, 1.165) is 11.1 Å². The van der Waals surface area contributed by atoms with Crippen LogP contribution in [0.1, 0.15) is 11.1 Å². The van der Waals surface area contributed by atoms with Crippen molar-refractivity contribution in [3.05, 3.63) is 65.5 Å². The number of nitrogens with zero attached hydrogens (tertiary/aromatic N) is 1. The van der Waals surface area contributed by atoms with Gasteiger partial charge in [0.1, 0.15) is 5.82 Å². The Bertz CT molecular complexity index is 511. The van der Waals surface area contributed by atoms with Crippen LogP contribution in [0.2, 0.25) is 0 Å². The molecule has 2 N–H and O–H groups in total. The average molecular weight is 244 g/mol. The van der Waals surface area contributed by atoms with Gasteiger partial charge >= 0.3 is 0 Å². The molecule has 0 amide bonds. The number of halogens is 1. The summed E-state index contributed by atoms with van der Waals surface area (Å²) >= 11 is 0. The molecule has 0 spiro atoms. The molecule has 2 aromatic carbocycles. The molecule has 0 aromatic heterocycles. The van der Waals surface area contributed by atoms with Crippen LogP contribution in [0.25, 0.3) is 0 Å². The summed E-state index contributed by atoms with van der Waals surface area (Å²) in [5.74, 6) is -0.226. The number of hydrogen-bond acceptors (Lipinski definition) is 2. The molecule has 0 radical (unpaired) electrons. The summed E-state index contributed by atoms with van der Waals surface area (Å²) in [6.07, 6.45) is 0. The topological polar surface area (TPSA) is 29.3 Å². The Morgan fingerprint density at radius 3 is 2.44 bits per heavy atom. The highest BCUT2D eigenvalue weighted by molar-refractivity contribution is 5.54. The Morgan fingerprint density at radius 2 is 1.78 bits per heavy atom. The zero-order chi connectivity index (χ0) is 13.0. The maximum absolute atomic E-state index is 13.9. The van der Waals surface area contributed by atoms with E-state index < -0.39 is 0 Å². The lowest BCUT2D eigenvalue weighted by Crippen LogP contribution is -2.20. The minimum Gasteiger partial charge on any atom is -0.368 e. The number of rotatable bonds is 4. The Hall–Kier alpha value is -1.87. The van der Waals surface area contributed by atoms with E-state index in [-0.39, 0.29) is 5.82 Å². The van der Waals surface area contributed by atoms with Crippen molar-refractivity contribution in [1.29, 1.82) is 0 Å². The molecule has 2 nitrogen and oxygen atoms in total. The third-order valence-corrected chi connectivity index (χ3v) is 2.93. The van der Waals surface area contributed by atoms with Gasteiger partial charge in [-0.3, -0.25) is 0 Å². The Balaban J connectivity index is 2.26. The first-order valence-corrected chi connectivity index (χ1v) is 5.95. The van der Waals surface area contributed by atoms with Gasteiger partial charge in [0.25, 0.3) is 0 Å². The summed E-state index contributed by atoms with van der Waals surface area (Å²) < 4.78 is 13.9. The van der Waals surface area contributed by atoms with Gasteiger partial charge in [-0.05, 0) is 17.2 Å². The van der Waals surface area contributed by atoms with E-state index in [1.54, 1.807) is 6.07 Å². The van der Waals surface area contributed by atoms with Crippen LogP contribution in [-0.4, -0.2) is 7.05 Å². The van der Waals surface area contributed by atoms with E-state index in [1.165, 1.54) is 6.07 Å². The Kier molecular flexibility index (Phi) is 3.95. The van der Waals surface area contributed by atoms with E-state index >= 15 is 0 Å². The van der Waals surface area contributed by atoms with Crippen LogP contribution in [0.4, 0.5) is 10.1 Å². The van der Waals surface area contributed by atoms with E-state index in [2.05, 4.69) is 0 Å². The minimum atomic E-state index is -0.226. The molecule has 18 heavy (non-hydrogen) atoms. The molecule has 0 aliphatic carbocycles. The van der Waals surface area contributed by atoms with Crippen LogP contribution in [0, 0.1) is 5.82 Å². The summed E-state index contributed by atoms with van der Waals surface area (Å²) in [6, 6.07) is 15.0. The van der Waals surface area contributed by atoms with E-state index in [9.17, 15) is 4.39 Å². The van der Waals surface area contributed by atoms with Gasteiger partial charge in [-0.1, -0.05) is 42.5 Å². The molecule has 3 heteroatoms. The van der Waals surface area contributed by atoms with Crippen LogP contribution in [0.5, 0.6) is 0 Å². The van der Waals surface area contributed by atoms with E-state index in [1.807, 2.05) is 48.3 Å². The molecular formula is C15H17FN2. The summed E-state index contributed by atoms with van der Waals surface area (Å²) in [5, 5.41) is 0. The third kappa shape index (κ3) is 2.68. The van der Waals surface area contributed by atoms with Crippen LogP contribution < -0.4 is 10.6 Å². The molecule has 2 aromatic rings. The lowest BCUT2D eigenvalue weighted by Gasteiger charge is -2.22. The van der Waals surface area contributed by atoms with E-state index in [0.29, 0.717) is 18.8 Å². The van der Waals surface area contributed by atoms with Gasteiger partial charge in [-0.15, -0.1) is 0 Å². The summed E-state index contributed by atoms with van der Waals surface area (Å²) in [4.78, 5) is 1.90. The number of para-hydroxylation sites is 1. The standard InChI is InChI=1S/C15H17FN2/c1-18(11-12-6-3-2-4-7-12)15-13(10-17)8-5-9-14(15)16/h2-9H,10-11,17H2,1H3. The fraction of sp³-hybridized carbons (Fsp3) is 0.200. The Labute approximate surface area is 107 Å². The van der Waals surface area contributed by atoms with Crippen molar-refractivity contribution in [2.24, 2.45) is 5.73 Å². The normalized spacial score (nSPS) is 10.4. The minimum absolute atomic E-state index is 0.226. The van der Waals surface area contributed by atoms with Crippen molar-refractivity contribution in [2.45, 2.75) is 13.1 Å². The van der Waals surface area contributed by atoms with Crippen LogP contribution in [0.15, 0.2) is 48.5 Å². The fourth-order valence-electron chi connectivity index (χ4n) is 2.09. The predicted octanol–water partition coefficient (Wildman–Crippen LogP) is 2.92. The summed E-state index contributed by atoms with van der Waals surface area (Å²) in [7, 11) is 1.88. The molecule has 0 atom stereocenters. The fourth-order valence-corrected chi connectivity index (χ4v) is 2.09. The SMILES string of the molecule is CN(Cc1ccccc1)c1c(F)cccc1CN. The monoisotopic (exact) mass is 244 g/mol. The quantitative estimate of drug-likeness (QED) is 0.896. The van der Waals surface area contributed by atoms with Crippen molar-refractivity contribution >= 4 is 5.69 Å². The number of hydrogen-bond donors (Lipinski definition) is 1. The number of nitrogens with two attached hydrogens (primary N) is 1. The van der Waals surface area contributed by atoms with Crippen LogP contribution in [-0.2, 0) is 13.1 Å². The smallest absolute Gasteiger partial charge is 0.146 e. The summed E-state index contributed by atoms with van der Waals surface area (Å²) in [6.45, 7) is 1.00. The van der Waals surface area contributed by atoms with Crippen LogP contribution in [0.3, 0.4) is 0 Å². The zero-order valence-electron chi connectivity index (χ0n) is 10.4. The Morgan fingerprint density at radius 1 is 1.06 bits per heavy atom. The summed E-state index contributed by atoms with van der Waals surface area (Å²) in [5.41, 5.74) is 8.22. The molecule has 0 fully saturated rings. The maximum Gasteiger partial charge on any atom is 0.146 e. The van der Waals surface area contributed by atoms with Crippen molar-refractivity contribution in [2.75, 3.05) is 11.9 Å². The van der Waals surface area contributed by atoms with Crippen molar-refractivity contribution < 1.29 is 4.39 Å². The van der Waals surface area contributed by atoms with Gasteiger partial charge in [0.05, 0.1) is 5.69 Å². The van der Waals surface area contributed by atoms with Crippen molar-refractivity contribution in [3.63, 3.8) is 0 Å². The lowest BCUT2D eigenvalue weighted by molar-refractivity contribution is 0.619. The first-order valence-electron chi connectivity index (χ1n) is 5.95. The third-order valence-electron chi connectivity index (χ3n) is 2.93. The van der Waals surface area contributed by atoms with Crippen molar-refractivity contribution in [1.82, 2.24) is 0 Å². The second kappa shape index (κ2) is 5.65.